The number of aromatic nitrogens is 3. The van der Waals surface area contributed by atoms with Crippen LogP contribution in [0.15, 0.2) is 5.38 Å². The Labute approximate surface area is 115 Å². The molecule has 2 heterocycles. The molecule has 0 spiro atoms. The van der Waals surface area contributed by atoms with Crippen molar-refractivity contribution in [1.29, 1.82) is 0 Å². The van der Waals surface area contributed by atoms with Gasteiger partial charge in [-0.3, -0.25) is 0 Å². The van der Waals surface area contributed by atoms with E-state index in [1.165, 1.54) is 0 Å². The zero-order chi connectivity index (χ0) is 13.1. The molecule has 4 nitrogen and oxygen atoms in total. The van der Waals surface area contributed by atoms with Crippen LogP contribution in [0.4, 0.5) is 5.82 Å². The SMILES string of the molecule is CCc1nc(Cl)c(C)c(NCc2nc(C)cs2)n1. The van der Waals surface area contributed by atoms with Crippen molar-refractivity contribution in [3.8, 4) is 0 Å². The Morgan fingerprint density at radius 3 is 2.67 bits per heavy atom. The monoisotopic (exact) mass is 282 g/mol. The van der Waals surface area contributed by atoms with Gasteiger partial charge in [-0.2, -0.15) is 0 Å². The molecule has 0 unspecified atom stereocenters. The van der Waals surface area contributed by atoms with Gasteiger partial charge in [0.05, 0.1) is 6.54 Å². The Bertz CT molecular complexity index is 553. The molecule has 2 aromatic rings. The first-order chi connectivity index (χ1) is 8.60. The normalized spacial score (nSPS) is 10.7. The second kappa shape index (κ2) is 5.63. The van der Waals surface area contributed by atoms with Gasteiger partial charge < -0.3 is 5.32 Å². The summed E-state index contributed by atoms with van der Waals surface area (Å²) in [6, 6.07) is 0. The molecule has 0 aromatic carbocycles. The molecule has 0 bridgehead atoms. The van der Waals surface area contributed by atoms with Crippen LogP contribution in [0.1, 0.15) is 29.0 Å². The maximum absolute atomic E-state index is 6.08. The van der Waals surface area contributed by atoms with Crippen molar-refractivity contribution >= 4 is 28.8 Å². The van der Waals surface area contributed by atoms with Crippen LogP contribution >= 0.6 is 22.9 Å². The zero-order valence-electron chi connectivity index (χ0n) is 10.6. The number of anilines is 1. The molecule has 0 fully saturated rings. The smallest absolute Gasteiger partial charge is 0.137 e. The lowest BCUT2D eigenvalue weighted by molar-refractivity contribution is 0.920. The van der Waals surface area contributed by atoms with E-state index < -0.39 is 0 Å². The summed E-state index contributed by atoms with van der Waals surface area (Å²) in [7, 11) is 0. The van der Waals surface area contributed by atoms with E-state index in [9.17, 15) is 0 Å². The summed E-state index contributed by atoms with van der Waals surface area (Å²) < 4.78 is 0. The van der Waals surface area contributed by atoms with Gasteiger partial charge in [-0.15, -0.1) is 11.3 Å². The van der Waals surface area contributed by atoms with E-state index in [2.05, 4.69) is 20.3 Å². The van der Waals surface area contributed by atoms with Crippen LogP contribution in [0.3, 0.4) is 0 Å². The van der Waals surface area contributed by atoms with Crippen molar-refractivity contribution in [3.05, 3.63) is 32.6 Å². The number of hydrogen-bond donors (Lipinski definition) is 1. The molecule has 2 rings (SSSR count). The topological polar surface area (TPSA) is 50.7 Å². The van der Waals surface area contributed by atoms with Crippen LogP contribution in [0, 0.1) is 13.8 Å². The lowest BCUT2D eigenvalue weighted by atomic mass is 10.3. The van der Waals surface area contributed by atoms with Crippen LogP contribution in [0.5, 0.6) is 0 Å². The third-order valence-electron chi connectivity index (χ3n) is 2.52. The summed E-state index contributed by atoms with van der Waals surface area (Å²) in [6.07, 6.45) is 0.769. The molecule has 0 atom stereocenters. The number of aryl methyl sites for hydroxylation is 2. The van der Waals surface area contributed by atoms with Crippen LogP contribution in [-0.2, 0) is 13.0 Å². The van der Waals surface area contributed by atoms with Gasteiger partial charge in [-0.05, 0) is 13.8 Å². The van der Waals surface area contributed by atoms with Crippen molar-refractivity contribution in [3.63, 3.8) is 0 Å². The Morgan fingerprint density at radius 1 is 1.28 bits per heavy atom. The largest absolute Gasteiger partial charge is 0.363 e. The van der Waals surface area contributed by atoms with Gasteiger partial charge in [0.15, 0.2) is 0 Å². The highest BCUT2D eigenvalue weighted by Gasteiger charge is 2.09. The van der Waals surface area contributed by atoms with E-state index in [4.69, 9.17) is 11.6 Å². The van der Waals surface area contributed by atoms with Gasteiger partial charge in [-0.1, -0.05) is 18.5 Å². The number of hydrogen-bond acceptors (Lipinski definition) is 5. The Balaban J connectivity index is 2.15. The minimum atomic E-state index is 0.514. The maximum Gasteiger partial charge on any atom is 0.137 e. The Hall–Kier alpha value is -1.20. The van der Waals surface area contributed by atoms with Gasteiger partial charge in [0.1, 0.15) is 21.8 Å². The highest BCUT2D eigenvalue weighted by molar-refractivity contribution is 7.09. The summed E-state index contributed by atoms with van der Waals surface area (Å²) in [5.74, 6) is 1.54. The molecule has 18 heavy (non-hydrogen) atoms. The lowest BCUT2D eigenvalue weighted by Gasteiger charge is -2.09. The van der Waals surface area contributed by atoms with E-state index in [0.717, 1.165) is 34.3 Å². The average Bonchev–Trinajstić information content (AvgIpc) is 2.77. The maximum atomic E-state index is 6.08. The van der Waals surface area contributed by atoms with Crippen molar-refractivity contribution < 1.29 is 0 Å². The molecule has 0 aliphatic heterocycles. The van der Waals surface area contributed by atoms with Gasteiger partial charge in [0.25, 0.3) is 0 Å². The minimum Gasteiger partial charge on any atom is -0.363 e. The first-order valence-corrected chi connectivity index (χ1v) is 7.03. The van der Waals surface area contributed by atoms with Crippen LogP contribution in [-0.4, -0.2) is 15.0 Å². The molecule has 0 saturated heterocycles. The first-order valence-electron chi connectivity index (χ1n) is 5.78. The second-order valence-electron chi connectivity index (χ2n) is 3.99. The van der Waals surface area contributed by atoms with Gasteiger partial charge in [0, 0.05) is 23.1 Å². The Morgan fingerprint density at radius 2 is 2.06 bits per heavy atom. The summed E-state index contributed by atoms with van der Waals surface area (Å²) in [6.45, 7) is 6.57. The van der Waals surface area contributed by atoms with Crippen molar-refractivity contribution in [2.45, 2.75) is 33.7 Å². The predicted octanol–water partition coefficient (Wildman–Crippen LogP) is 3.38. The fourth-order valence-corrected chi connectivity index (χ4v) is 2.40. The number of nitrogens with one attached hydrogen (secondary N) is 1. The quantitative estimate of drug-likeness (QED) is 0.874. The lowest BCUT2D eigenvalue weighted by Crippen LogP contribution is -2.07. The number of nitrogens with zero attached hydrogens (tertiary/aromatic N) is 3. The molecule has 2 aromatic heterocycles. The summed E-state index contributed by atoms with van der Waals surface area (Å²) in [4.78, 5) is 13.1. The van der Waals surface area contributed by atoms with E-state index in [-0.39, 0.29) is 0 Å². The van der Waals surface area contributed by atoms with Crippen LogP contribution < -0.4 is 5.32 Å². The van der Waals surface area contributed by atoms with E-state index in [1.54, 1.807) is 11.3 Å². The summed E-state index contributed by atoms with van der Waals surface area (Å²) in [5, 5.41) is 6.86. The van der Waals surface area contributed by atoms with Crippen molar-refractivity contribution in [2.24, 2.45) is 0 Å². The molecular weight excluding hydrogens is 268 g/mol. The molecule has 1 N–H and O–H groups in total. The highest BCUT2D eigenvalue weighted by Crippen LogP contribution is 2.21. The predicted molar refractivity (Wildman–Crippen MR) is 75.3 cm³/mol. The van der Waals surface area contributed by atoms with Crippen LogP contribution in [0.2, 0.25) is 5.15 Å². The van der Waals surface area contributed by atoms with E-state index >= 15 is 0 Å². The molecule has 0 amide bonds. The molecule has 0 aliphatic rings. The fraction of sp³-hybridized carbons (Fsp3) is 0.417. The zero-order valence-corrected chi connectivity index (χ0v) is 12.2. The summed E-state index contributed by atoms with van der Waals surface area (Å²) >= 11 is 7.72. The van der Waals surface area contributed by atoms with Crippen LogP contribution in [0.25, 0.3) is 0 Å². The van der Waals surface area contributed by atoms with Crippen molar-refractivity contribution in [1.82, 2.24) is 15.0 Å². The second-order valence-corrected chi connectivity index (χ2v) is 5.29. The van der Waals surface area contributed by atoms with Gasteiger partial charge >= 0.3 is 0 Å². The highest BCUT2D eigenvalue weighted by atomic mass is 35.5. The molecular formula is C12H15ClN4S. The standard InChI is InChI=1S/C12H15ClN4S/c1-4-9-16-11(13)8(3)12(17-9)14-5-10-15-7(2)6-18-10/h6H,4-5H2,1-3H3,(H,14,16,17). The summed E-state index contributed by atoms with van der Waals surface area (Å²) in [5.41, 5.74) is 1.92. The molecule has 6 heteroatoms. The molecule has 0 saturated carbocycles. The van der Waals surface area contributed by atoms with E-state index in [1.807, 2.05) is 26.2 Å². The molecule has 0 radical (unpaired) electrons. The van der Waals surface area contributed by atoms with Gasteiger partial charge in [0.2, 0.25) is 0 Å². The number of rotatable bonds is 4. The fourth-order valence-electron chi connectivity index (χ4n) is 1.51. The van der Waals surface area contributed by atoms with Crippen molar-refractivity contribution in [2.75, 3.05) is 5.32 Å². The third kappa shape index (κ3) is 2.97. The Kier molecular flexibility index (Phi) is 4.14. The molecule has 96 valence electrons. The van der Waals surface area contributed by atoms with Gasteiger partial charge in [-0.25, -0.2) is 15.0 Å². The number of halogens is 1. The average molecular weight is 283 g/mol. The first kappa shape index (κ1) is 13.2. The molecule has 0 aliphatic carbocycles. The number of thiazole rings is 1. The van der Waals surface area contributed by atoms with E-state index in [0.29, 0.717) is 11.7 Å². The third-order valence-corrected chi connectivity index (χ3v) is 3.86. The minimum absolute atomic E-state index is 0.514.